The van der Waals surface area contributed by atoms with Crippen molar-refractivity contribution in [2.24, 2.45) is 11.8 Å². The fraction of sp³-hybridized carbons (Fsp3) is 0.294. The molecule has 226 valence electrons. The van der Waals surface area contributed by atoms with Gasteiger partial charge in [0.1, 0.15) is 11.4 Å². The van der Waals surface area contributed by atoms with Crippen LogP contribution in [-0.4, -0.2) is 40.6 Å². The van der Waals surface area contributed by atoms with E-state index in [4.69, 9.17) is 0 Å². The number of aliphatic hydroxyl groups excluding tert-OH is 1. The van der Waals surface area contributed by atoms with Gasteiger partial charge in [0.25, 0.3) is 11.8 Å². The van der Waals surface area contributed by atoms with Crippen LogP contribution in [0, 0.1) is 17.0 Å². The molecular formula is C34H30F3N3O4. The minimum Gasteiger partial charge on any atom is -0.624 e. The number of nitrogens with one attached hydrogen (secondary N) is 2. The molecule has 3 atom stereocenters. The average molecular weight is 602 g/mol. The molecule has 0 bridgehead atoms. The summed E-state index contributed by atoms with van der Waals surface area (Å²) in [5, 5.41) is 27.2. The minimum atomic E-state index is -4.41. The predicted octanol–water partition coefficient (Wildman–Crippen LogP) is 4.62. The number of rotatable bonds is 5. The van der Waals surface area contributed by atoms with Crippen LogP contribution in [0.15, 0.2) is 90.3 Å². The van der Waals surface area contributed by atoms with E-state index < -0.39 is 53.0 Å². The number of hydroxylamine groups is 2. The summed E-state index contributed by atoms with van der Waals surface area (Å²) in [7, 11) is 0. The maximum absolute atomic E-state index is 14.1. The second kappa shape index (κ2) is 10.2. The molecule has 3 unspecified atom stereocenters. The number of amides is 2. The van der Waals surface area contributed by atoms with Crippen molar-refractivity contribution in [1.29, 1.82) is 0 Å². The highest BCUT2D eigenvalue weighted by atomic mass is 19.4. The van der Waals surface area contributed by atoms with Crippen LogP contribution in [0.5, 0.6) is 0 Å². The van der Waals surface area contributed by atoms with Gasteiger partial charge in [-0.2, -0.15) is 13.2 Å². The number of imide groups is 1. The molecular weight excluding hydrogens is 571 g/mol. The van der Waals surface area contributed by atoms with Gasteiger partial charge in [0.05, 0.1) is 40.8 Å². The molecule has 44 heavy (non-hydrogen) atoms. The van der Waals surface area contributed by atoms with Crippen molar-refractivity contribution in [1.82, 2.24) is 10.2 Å². The molecule has 1 fully saturated rings. The third-order valence-electron chi connectivity index (χ3n) is 9.49. The van der Waals surface area contributed by atoms with Crippen LogP contribution in [0.4, 0.5) is 13.2 Å². The number of hydrogen-bond acceptors (Lipinski definition) is 5. The van der Waals surface area contributed by atoms with E-state index in [2.05, 4.69) is 5.32 Å². The lowest BCUT2D eigenvalue weighted by Crippen LogP contribution is -3.04. The van der Waals surface area contributed by atoms with Crippen LogP contribution in [0.1, 0.15) is 63.6 Å². The van der Waals surface area contributed by atoms with Crippen LogP contribution in [-0.2, 0) is 5.54 Å². The first-order valence-corrected chi connectivity index (χ1v) is 14.7. The van der Waals surface area contributed by atoms with E-state index >= 15 is 0 Å². The quantitative estimate of drug-likeness (QED) is 0.293. The molecule has 3 N–H and O–H groups in total. The minimum absolute atomic E-state index is 0.0413. The Morgan fingerprint density at radius 2 is 1.52 bits per heavy atom. The molecule has 1 aliphatic carbocycles. The van der Waals surface area contributed by atoms with Crippen LogP contribution in [0.3, 0.4) is 0 Å². The highest BCUT2D eigenvalue weighted by molar-refractivity contribution is 6.22. The van der Waals surface area contributed by atoms with E-state index in [1.165, 1.54) is 4.90 Å². The van der Waals surface area contributed by atoms with Gasteiger partial charge in [0, 0.05) is 36.4 Å². The molecule has 0 saturated heterocycles. The van der Waals surface area contributed by atoms with Gasteiger partial charge in [-0.05, 0) is 35.4 Å². The van der Waals surface area contributed by atoms with Gasteiger partial charge in [-0.1, -0.05) is 61.5 Å². The Morgan fingerprint density at radius 1 is 0.932 bits per heavy atom. The lowest BCUT2D eigenvalue weighted by atomic mass is 9.68. The molecule has 4 aliphatic rings. The zero-order valence-corrected chi connectivity index (χ0v) is 23.8. The monoisotopic (exact) mass is 601 g/mol. The fourth-order valence-corrected chi connectivity index (χ4v) is 7.51. The molecule has 1 saturated carbocycles. The standard InChI is InChI=1S/C34H30F3N3O4/c1-19-27(29(21-7-3-2-4-8-21)40(44)30-22(15-34(35,36)37)18-38-28(19)30)20-11-13-23(14-12-20)33(16-24(41)17-33)39-31(42)25-9-5-6-10-26(25)32(39)43/h2-14,19,22,24,38,40-41H,15-18H2,1H3. The summed E-state index contributed by atoms with van der Waals surface area (Å²) >= 11 is 0. The number of carbonyl (C=O) groups is 2. The van der Waals surface area contributed by atoms with Gasteiger partial charge in [0.15, 0.2) is 0 Å². The first-order valence-electron chi connectivity index (χ1n) is 14.7. The SMILES string of the molecule is CC1C2=C(C(CC(F)(F)F)CN2)[NH+]([O-])C(c2ccccc2)=C1c1ccc(C2(N3C(=O)c4ccccc4C3=O)CC(O)C2)cc1. The summed E-state index contributed by atoms with van der Waals surface area (Å²) in [5.74, 6) is -2.16. The van der Waals surface area contributed by atoms with E-state index in [1.54, 1.807) is 48.5 Å². The molecule has 0 radical (unpaired) electrons. The van der Waals surface area contributed by atoms with E-state index in [1.807, 2.05) is 37.3 Å². The van der Waals surface area contributed by atoms with Crippen LogP contribution >= 0.6 is 0 Å². The number of nitrogens with zero attached hydrogens (tertiary/aromatic N) is 1. The summed E-state index contributed by atoms with van der Waals surface area (Å²) in [6, 6.07) is 22.9. The Kier molecular flexibility index (Phi) is 6.58. The normalized spacial score (nSPS) is 28.2. The van der Waals surface area contributed by atoms with Gasteiger partial charge in [-0.25, -0.2) is 0 Å². The zero-order valence-electron chi connectivity index (χ0n) is 23.8. The third kappa shape index (κ3) is 4.31. The third-order valence-corrected chi connectivity index (χ3v) is 9.49. The maximum atomic E-state index is 14.1. The number of hydrogen-bond donors (Lipinski definition) is 3. The topological polar surface area (TPSA) is 97.1 Å². The summed E-state index contributed by atoms with van der Waals surface area (Å²) in [6.45, 7) is 1.93. The summed E-state index contributed by atoms with van der Waals surface area (Å²) < 4.78 is 40.3. The molecule has 2 amide bonds. The lowest BCUT2D eigenvalue weighted by molar-refractivity contribution is -0.729. The fourth-order valence-electron chi connectivity index (χ4n) is 7.51. The number of benzene rings is 3. The Labute approximate surface area is 251 Å². The largest absolute Gasteiger partial charge is 0.624 e. The average Bonchev–Trinajstić information content (AvgIpc) is 3.51. The van der Waals surface area contributed by atoms with Crippen molar-refractivity contribution in [2.75, 3.05) is 6.54 Å². The first kappa shape index (κ1) is 28.5. The molecule has 3 aliphatic heterocycles. The summed E-state index contributed by atoms with van der Waals surface area (Å²) in [5.41, 5.74) is 3.43. The van der Waals surface area contributed by atoms with Crippen molar-refractivity contribution in [3.05, 3.63) is 123 Å². The Balaban J connectivity index is 1.30. The lowest BCUT2D eigenvalue weighted by Gasteiger charge is -2.50. The van der Waals surface area contributed by atoms with Crippen molar-refractivity contribution < 1.29 is 32.9 Å². The molecule has 3 aromatic carbocycles. The Bertz CT molecular complexity index is 1690. The summed E-state index contributed by atoms with van der Waals surface area (Å²) in [4.78, 5) is 28.1. The number of quaternary nitrogens is 1. The highest BCUT2D eigenvalue weighted by Gasteiger charge is 2.56. The zero-order chi connectivity index (χ0) is 31.0. The Morgan fingerprint density at radius 3 is 2.09 bits per heavy atom. The molecule has 0 spiro atoms. The van der Waals surface area contributed by atoms with Crippen molar-refractivity contribution >= 4 is 23.1 Å². The molecule has 7 nitrogen and oxygen atoms in total. The number of fused-ring (bicyclic) bond motifs is 1. The molecule has 3 aromatic rings. The van der Waals surface area contributed by atoms with Crippen LogP contribution < -0.4 is 10.4 Å². The van der Waals surface area contributed by atoms with Gasteiger partial charge in [-0.15, -0.1) is 0 Å². The van der Waals surface area contributed by atoms with Gasteiger partial charge in [-0.3, -0.25) is 14.5 Å². The Hall–Kier alpha value is -4.25. The number of allylic oxidation sites excluding steroid dienone is 1. The van der Waals surface area contributed by atoms with E-state index in [0.717, 1.165) is 0 Å². The van der Waals surface area contributed by atoms with Crippen molar-refractivity contribution in [2.45, 2.75) is 44.0 Å². The van der Waals surface area contributed by atoms with E-state index in [-0.39, 0.29) is 25.1 Å². The maximum Gasteiger partial charge on any atom is 0.389 e. The molecule has 7 rings (SSSR count). The van der Waals surface area contributed by atoms with Crippen molar-refractivity contribution in [3.63, 3.8) is 0 Å². The number of halogens is 3. The molecule has 10 heteroatoms. The van der Waals surface area contributed by atoms with Crippen LogP contribution in [0.2, 0.25) is 0 Å². The van der Waals surface area contributed by atoms with Crippen LogP contribution in [0.25, 0.3) is 11.3 Å². The van der Waals surface area contributed by atoms with E-state index in [9.17, 15) is 33.1 Å². The van der Waals surface area contributed by atoms with E-state index in [0.29, 0.717) is 44.8 Å². The number of aliphatic hydroxyl groups is 1. The highest BCUT2D eigenvalue weighted by Crippen LogP contribution is 2.50. The van der Waals surface area contributed by atoms with Gasteiger partial charge >= 0.3 is 6.18 Å². The molecule has 0 aromatic heterocycles. The smallest absolute Gasteiger partial charge is 0.389 e. The first-order chi connectivity index (χ1) is 21.0. The van der Waals surface area contributed by atoms with Gasteiger partial charge in [0.2, 0.25) is 0 Å². The molecule has 3 heterocycles. The number of carbonyl (C=O) groups excluding carboxylic acids is 2. The predicted molar refractivity (Wildman–Crippen MR) is 156 cm³/mol. The second-order valence-electron chi connectivity index (χ2n) is 12.1. The second-order valence-corrected chi connectivity index (χ2v) is 12.1. The van der Waals surface area contributed by atoms with Gasteiger partial charge < -0.3 is 20.7 Å². The summed E-state index contributed by atoms with van der Waals surface area (Å²) in [6.07, 6.45) is -5.76. The number of alkyl halides is 3. The van der Waals surface area contributed by atoms with Crippen molar-refractivity contribution in [3.8, 4) is 0 Å².